The Hall–Kier alpha value is -1.78. The van der Waals surface area contributed by atoms with Gasteiger partial charge >= 0.3 is 0 Å². The van der Waals surface area contributed by atoms with E-state index in [2.05, 4.69) is 23.7 Å². The van der Waals surface area contributed by atoms with Gasteiger partial charge in [-0.1, -0.05) is 6.92 Å². The number of hydrogen-bond donors (Lipinski definition) is 1. The summed E-state index contributed by atoms with van der Waals surface area (Å²) in [6, 6.07) is 4.21. The molecule has 0 unspecified atom stereocenters. The normalized spacial score (nSPS) is 23.5. The lowest BCUT2D eigenvalue weighted by Gasteiger charge is -2.45. The topological polar surface area (TPSA) is 62.5 Å². The van der Waals surface area contributed by atoms with Crippen LogP contribution >= 0.6 is 0 Å². The highest BCUT2D eigenvalue weighted by atomic mass is 16.2. The molecule has 0 aromatic carbocycles. The van der Waals surface area contributed by atoms with Gasteiger partial charge in [0.25, 0.3) is 0 Å². The second-order valence-electron chi connectivity index (χ2n) is 5.21. The van der Waals surface area contributed by atoms with Gasteiger partial charge in [-0.3, -0.25) is 4.79 Å². The van der Waals surface area contributed by atoms with Crippen LogP contribution in [0.15, 0.2) is 18.3 Å². The Bertz CT molecular complexity index is 433. The first-order chi connectivity index (χ1) is 9.02. The molecular weight excluding hydrogens is 240 g/mol. The van der Waals surface area contributed by atoms with Crippen molar-refractivity contribution >= 4 is 17.4 Å². The fraction of sp³-hybridized carbons (Fsp3) is 0.571. The highest BCUT2D eigenvalue weighted by molar-refractivity contribution is 5.77. The zero-order chi connectivity index (χ0) is 14.0. The molecule has 104 valence electrons. The fourth-order valence-electron chi connectivity index (χ4n) is 2.77. The molecule has 5 nitrogen and oxygen atoms in total. The molecule has 2 N–H and O–H groups in total. The molecule has 5 heteroatoms. The van der Waals surface area contributed by atoms with E-state index < -0.39 is 0 Å². The number of amides is 1. The van der Waals surface area contributed by atoms with E-state index in [4.69, 9.17) is 5.73 Å². The van der Waals surface area contributed by atoms with Crippen molar-refractivity contribution < 1.29 is 4.79 Å². The number of carbonyl (C=O) groups excluding carboxylic acids is 1. The average molecular weight is 262 g/mol. The van der Waals surface area contributed by atoms with Crippen molar-refractivity contribution in [3.05, 3.63) is 18.3 Å². The number of hydrogen-bond acceptors (Lipinski definition) is 4. The van der Waals surface area contributed by atoms with Gasteiger partial charge in [-0.2, -0.15) is 0 Å². The average Bonchev–Trinajstić information content (AvgIpc) is 2.38. The number of carbonyl (C=O) groups is 1. The highest BCUT2D eigenvalue weighted by Gasteiger charge is 2.32. The Balaban J connectivity index is 2.13. The molecule has 19 heavy (non-hydrogen) atoms. The summed E-state index contributed by atoms with van der Waals surface area (Å²) in [7, 11) is 0. The van der Waals surface area contributed by atoms with Crippen LogP contribution in [0.25, 0.3) is 0 Å². The Morgan fingerprint density at radius 1 is 1.37 bits per heavy atom. The van der Waals surface area contributed by atoms with Crippen LogP contribution < -0.4 is 10.6 Å². The summed E-state index contributed by atoms with van der Waals surface area (Å²) in [5.41, 5.74) is 6.33. The Labute approximate surface area is 114 Å². The second-order valence-corrected chi connectivity index (χ2v) is 5.21. The largest absolute Gasteiger partial charge is 0.397 e. The zero-order valence-electron chi connectivity index (χ0n) is 11.8. The van der Waals surface area contributed by atoms with Gasteiger partial charge in [-0.15, -0.1) is 0 Å². The third-order valence-corrected chi connectivity index (χ3v) is 3.60. The van der Waals surface area contributed by atoms with Crippen LogP contribution in [0, 0.1) is 0 Å². The second kappa shape index (κ2) is 5.47. The molecule has 0 radical (unpaired) electrons. The molecule has 2 atom stereocenters. The third-order valence-electron chi connectivity index (χ3n) is 3.60. The minimum absolute atomic E-state index is 0.204. The maximum atomic E-state index is 12.0. The Morgan fingerprint density at radius 3 is 2.47 bits per heavy atom. The molecule has 2 heterocycles. The quantitative estimate of drug-likeness (QED) is 0.877. The van der Waals surface area contributed by atoms with Gasteiger partial charge in [-0.05, 0) is 26.0 Å². The van der Waals surface area contributed by atoms with Crippen molar-refractivity contribution in [3.8, 4) is 0 Å². The SMILES string of the molecule is CCC(=O)N1[C@H](C)CN(c2ccc(N)cn2)C[C@@H]1C. The van der Waals surface area contributed by atoms with E-state index in [1.54, 1.807) is 6.20 Å². The van der Waals surface area contributed by atoms with Crippen molar-refractivity contribution in [3.63, 3.8) is 0 Å². The van der Waals surface area contributed by atoms with E-state index in [0.29, 0.717) is 12.1 Å². The lowest BCUT2D eigenvalue weighted by atomic mass is 10.1. The van der Waals surface area contributed by atoms with Crippen LogP contribution in [0.1, 0.15) is 27.2 Å². The van der Waals surface area contributed by atoms with E-state index in [9.17, 15) is 4.79 Å². The zero-order valence-corrected chi connectivity index (χ0v) is 11.8. The Morgan fingerprint density at radius 2 is 2.00 bits per heavy atom. The fourth-order valence-corrected chi connectivity index (χ4v) is 2.77. The summed E-state index contributed by atoms with van der Waals surface area (Å²) in [6.45, 7) is 7.72. The van der Waals surface area contributed by atoms with E-state index in [0.717, 1.165) is 18.9 Å². The maximum Gasteiger partial charge on any atom is 0.222 e. The number of rotatable bonds is 2. The van der Waals surface area contributed by atoms with E-state index in [1.165, 1.54) is 0 Å². The summed E-state index contributed by atoms with van der Waals surface area (Å²) in [4.78, 5) is 20.5. The van der Waals surface area contributed by atoms with Crippen LogP contribution in [0.3, 0.4) is 0 Å². The molecule has 1 aromatic rings. The van der Waals surface area contributed by atoms with Crippen molar-refractivity contribution in [2.75, 3.05) is 23.7 Å². The van der Waals surface area contributed by atoms with Gasteiger partial charge in [0.1, 0.15) is 5.82 Å². The summed E-state index contributed by atoms with van der Waals surface area (Å²) < 4.78 is 0. The first kappa shape index (κ1) is 13.6. The smallest absolute Gasteiger partial charge is 0.222 e. The summed E-state index contributed by atoms with van der Waals surface area (Å²) in [5, 5.41) is 0. The monoisotopic (exact) mass is 262 g/mol. The maximum absolute atomic E-state index is 12.0. The van der Waals surface area contributed by atoms with Crippen LogP contribution in [-0.2, 0) is 4.79 Å². The number of nitrogen functional groups attached to an aromatic ring is 1. The van der Waals surface area contributed by atoms with E-state index >= 15 is 0 Å². The highest BCUT2D eigenvalue weighted by Crippen LogP contribution is 2.22. The molecule has 1 aliphatic rings. The molecule has 0 saturated carbocycles. The third kappa shape index (κ3) is 2.80. The van der Waals surface area contributed by atoms with Crippen LogP contribution in [0.2, 0.25) is 0 Å². The van der Waals surface area contributed by atoms with Crippen LogP contribution in [-0.4, -0.2) is 41.0 Å². The van der Waals surface area contributed by atoms with E-state index in [1.807, 2.05) is 24.0 Å². The number of nitrogens with zero attached hydrogens (tertiary/aromatic N) is 3. The lowest BCUT2D eigenvalue weighted by molar-refractivity contribution is -0.135. The molecule has 1 aliphatic heterocycles. The van der Waals surface area contributed by atoms with Crippen LogP contribution in [0.5, 0.6) is 0 Å². The summed E-state index contributed by atoms with van der Waals surface area (Å²) in [6.07, 6.45) is 2.24. The first-order valence-electron chi connectivity index (χ1n) is 6.80. The van der Waals surface area contributed by atoms with E-state index in [-0.39, 0.29) is 18.0 Å². The standard InChI is InChI=1S/C14H22N4O/c1-4-14(19)18-10(2)8-17(9-11(18)3)13-6-5-12(15)7-16-13/h5-7,10-11H,4,8-9,15H2,1-3H3/t10-,11+. The first-order valence-corrected chi connectivity index (χ1v) is 6.80. The van der Waals surface area contributed by atoms with Gasteiger partial charge in [0.05, 0.1) is 11.9 Å². The number of nitrogens with two attached hydrogens (primary N) is 1. The Kier molecular flexibility index (Phi) is 3.93. The summed E-state index contributed by atoms with van der Waals surface area (Å²) in [5.74, 6) is 1.15. The van der Waals surface area contributed by atoms with Gasteiger partial charge in [0, 0.05) is 31.6 Å². The molecule has 1 saturated heterocycles. The van der Waals surface area contributed by atoms with Gasteiger partial charge in [-0.25, -0.2) is 4.98 Å². The predicted octanol–water partition coefficient (Wildman–Crippen LogP) is 1.50. The van der Waals surface area contributed by atoms with Crippen LogP contribution in [0.4, 0.5) is 11.5 Å². The molecule has 2 rings (SSSR count). The minimum atomic E-state index is 0.204. The molecule has 0 bridgehead atoms. The van der Waals surface area contributed by atoms with Gasteiger partial charge < -0.3 is 15.5 Å². The van der Waals surface area contributed by atoms with Crippen molar-refractivity contribution in [2.24, 2.45) is 0 Å². The van der Waals surface area contributed by atoms with Gasteiger partial charge in [0.15, 0.2) is 0 Å². The molecule has 0 spiro atoms. The molecular formula is C14H22N4O. The molecule has 1 aromatic heterocycles. The lowest BCUT2D eigenvalue weighted by Crippen LogP contribution is -2.58. The molecule has 1 amide bonds. The van der Waals surface area contributed by atoms with Crippen molar-refractivity contribution in [1.82, 2.24) is 9.88 Å². The molecule has 1 fully saturated rings. The van der Waals surface area contributed by atoms with Gasteiger partial charge in [0.2, 0.25) is 5.91 Å². The minimum Gasteiger partial charge on any atom is -0.397 e. The predicted molar refractivity (Wildman–Crippen MR) is 76.9 cm³/mol. The number of piperazine rings is 1. The van der Waals surface area contributed by atoms with Crippen molar-refractivity contribution in [1.29, 1.82) is 0 Å². The number of aromatic nitrogens is 1. The molecule has 0 aliphatic carbocycles. The number of pyridine rings is 1. The van der Waals surface area contributed by atoms with Crippen molar-refractivity contribution in [2.45, 2.75) is 39.3 Å². The summed E-state index contributed by atoms with van der Waals surface area (Å²) >= 11 is 0. The number of anilines is 2.